The molecule has 0 saturated carbocycles. The Hall–Kier alpha value is -2.84. The van der Waals surface area contributed by atoms with Gasteiger partial charge in [-0.05, 0) is 37.1 Å². The lowest BCUT2D eigenvalue weighted by Crippen LogP contribution is -2.27. The largest absolute Gasteiger partial charge is 0.496 e. The fourth-order valence-electron chi connectivity index (χ4n) is 2.87. The Balaban J connectivity index is 1.39. The Bertz CT molecular complexity index is 1020. The smallest absolute Gasteiger partial charge is 0.234 e. The normalized spacial score (nSPS) is 10.5. The molecule has 0 atom stereocenters. The number of thioether (sulfide) groups is 1. The van der Waals surface area contributed by atoms with Crippen LogP contribution in [0.5, 0.6) is 5.75 Å². The number of aromatic nitrogens is 1. The number of rotatable bonds is 10. The number of ether oxygens (including phenoxy) is 1. The number of benzene rings is 2. The Kier molecular flexibility index (Phi) is 8.49. The molecule has 162 valence electrons. The number of thiazole rings is 1. The van der Waals surface area contributed by atoms with E-state index in [9.17, 15) is 9.59 Å². The third kappa shape index (κ3) is 7.41. The van der Waals surface area contributed by atoms with Crippen molar-refractivity contribution in [2.75, 3.05) is 24.7 Å². The number of aryl methyl sites for hydroxylation is 1. The average molecular weight is 456 g/mol. The van der Waals surface area contributed by atoms with Gasteiger partial charge in [-0.15, -0.1) is 11.3 Å². The number of anilines is 1. The highest BCUT2D eigenvalue weighted by atomic mass is 32.2. The molecule has 2 N–H and O–H groups in total. The van der Waals surface area contributed by atoms with Gasteiger partial charge in [-0.2, -0.15) is 0 Å². The van der Waals surface area contributed by atoms with Gasteiger partial charge in [-0.3, -0.25) is 9.59 Å². The summed E-state index contributed by atoms with van der Waals surface area (Å²) in [5.74, 6) is 0.934. The molecule has 6 nitrogen and oxygen atoms in total. The highest BCUT2D eigenvalue weighted by Gasteiger charge is 2.10. The van der Waals surface area contributed by atoms with Crippen LogP contribution in [0.2, 0.25) is 0 Å². The second-order valence-electron chi connectivity index (χ2n) is 6.90. The average Bonchev–Trinajstić information content (AvgIpc) is 3.21. The zero-order chi connectivity index (χ0) is 22.1. The summed E-state index contributed by atoms with van der Waals surface area (Å²) in [5.41, 5.74) is 3.69. The second kappa shape index (κ2) is 11.5. The summed E-state index contributed by atoms with van der Waals surface area (Å²) in [6, 6.07) is 15.4. The van der Waals surface area contributed by atoms with Crippen molar-refractivity contribution in [2.24, 2.45) is 0 Å². The summed E-state index contributed by atoms with van der Waals surface area (Å²) in [7, 11) is 1.64. The number of hydrogen-bond acceptors (Lipinski definition) is 6. The number of amides is 2. The van der Waals surface area contributed by atoms with Gasteiger partial charge in [0.25, 0.3) is 0 Å². The first kappa shape index (κ1) is 22.8. The van der Waals surface area contributed by atoms with Gasteiger partial charge in [-0.25, -0.2) is 4.98 Å². The molecule has 2 amide bonds. The highest BCUT2D eigenvalue weighted by Crippen LogP contribution is 2.23. The third-order valence-electron chi connectivity index (χ3n) is 4.44. The molecule has 0 saturated heterocycles. The minimum absolute atomic E-state index is 0.0751. The minimum atomic E-state index is -0.0836. The molecule has 8 heteroatoms. The van der Waals surface area contributed by atoms with Crippen LogP contribution in [0.25, 0.3) is 0 Å². The first-order valence-corrected chi connectivity index (χ1v) is 11.7. The Morgan fingerprint density at radius 1 is 1.10 bits per heavy atom. The van der Waals surface area contributed by atoms with E-state index in [4.69, 9.17) is 4.74 Å². The lowest BCUT2D eigenvalue weighted by Gasteiger charge is -2.08. The van der Waals surface area contributed by atoms with E-state index in [0.29, 0.717) is 18.7 Å². The topological polar surface area (TPSA) is 80.3 Å². The molecule has 0 radical (unpaired) electrons. The molecule has 2 aromatic carbocycles. The first-order chi connectivity index (χ1) is 15.0. The molecule has 0 unspecified atom stereocenters. The van der Waals surface area contributed by atoms with Gasteiger partial charge in [0.1, 0.15) is 5.75 Å². The van der Waals surface area contributed by atoms with Crippen LogP contribution >= 0.6 is 23.1 Å². The number of methoxy groups -OCH3 is 1. The van der Waals surface area contributed by atoms with Gasteiger partial charge in [-0.1, -0.05) is 47.7 Å². The second-order valence-corrected chi connectivity index (χ2v) is 8.98. The summed E-state index contributed by atoms with van der Waals surface area (Å²) in [6.07, 6.45) is 0.919. The molecular formula is C23H25N3O3S2. The van der Waals surface area contributed by atoms with Crippen LogP contribution in [0.1, 0.15) is 16.8 Å². The van der Waals surface area contributed by atoms with Gasteiger partial charge < -0.3 is 15.4 Å². The molecule has 1 aromatic heterocycles. The van der Waals surface area contributed by atoms with Crippen molar-refractivity contribution in [1.29, 1.82) is 0 Å². The van der Waals surface area contributed by atoms with Crippen LogP contribution in [0.3, 0.4) is 0 Å². The Morgan fingerprint density at radius 3 is 2.65 bits per heavy atom. The SMILES string of the molecule is COc1ccccc1CCNC(=O)Cc1csc(SCC(=O)Nc2ccc(C)cc2)n1. The van der Waals surface area contributed by atoms with E-state index >= 15 is 0 Å². The van der Waals surface area contributed by atoms with Crippen molar-refractivity contribution >= 4 is 40.6 Å². The van der Waals surface area contributed by atoms with E-state index in [-0.39, 0.29) is 24.0 Å². The molecule has 0 spiro atoms. The highest BCUT2D eigenvalue weighted by molar-refractivity contribution is 8.01. The van der Waals surface area contributed by atoms with E-state index in [2.05, 4.69) is 15.6 Å². The Morgan fingerprint density at radius 2 is 1.87 bits per heavy atom. The van der Waals surface area contributed by atoms with Gasteiger partial charge in [0.2, 0.25) is 11.8 Å². The van der Waals surface area contributed by atoms with E-state index in [1.807, 2.05) is 60.8 Å². The summed E-state index contributed by atoms with van der Waals surface area (Å²) < 4.78 is 6.10. The van der Waals surface area contributed by atoms with Crippen molar-refractivity contribution in [1.82, 2.24) is 10.3 Å². The van der Waals surface area contributed by atoms with Gasteiger partial charge in [0.05, 0.1) is 25.0 Å². The van der Waals surface area contributed by atoms with Crippen LogP contribution in [-0.4, -0.2) is 36.2 Å². The van der Waals surface area contributed by atoms with Crippen molar-refractivity contribution in [3.05, 3.63) is 70.7 Å². The van der Waals surface area contributed by atoms with Crippen LogP contribution in [-0.2, 0) is 22.4 Å². The quantitative estimate of drug-likeness (QED) is 0.450. The summed E-state index contributed by atoms with van der Waals surface area (Å²) in [4.78, 5) is 28.8. The lowest BCUT2D eigenvalue weighted by molar-refractivity contribution is -0.120. The monoisotopic (exact) mass is 455 g/mol. The maximum atomic E-state index is 12.2. The van der Waals surface area contributed by atoms with Gasteiger partial charge in [0, 0.05) is 17.6 Å². The molecule has 0 aliphatic heterocycles. The predicted octanol–water partition coefficient (Wildman–Crippen LogP) is 4.09. The van der Waals surface area contributed by atoms with Crippen LogP contribution in [0, 0.1) is 6.92 Å². The standard InChI is InChI=1S/C23H25N3O3S2/c1-16-7-9-18(10-8-16)25-22(28)15-31-23-26-19(14-30-23)13-21(27)24-12-11-17-5-3-4-6-20(17)29-2/h3-10,14H,11-13,15H2,1-2H3,(H,24,27)(H,25,28). The predicted molar refractivity (Wildman–Crippen MR) is 126 cm³/mol. The van der Waals surface area contributed by atoms with Crippen molar-refractivity contribution in [3.63, 3.8) is 0 Å². The third-order valence-corrected chi connectivity index (χ3v) is 6.51. The van der Waals surface area contributed by atoms with Gasteiger partial charge >= 0.3 is 0 Å². The van der Waals surface area contributed by atoms with Crippen molar-refractivity contribution < 1.29 is 14.3 Å². The van der Waals surface area contributed by atoms with Crippen molar-refractivity contribution in [3.8, 4) is 5.75 Å². The molecule has 0 fully saturated rings. The number of para-hydroxylation sites is 1. The summed E-state index contributed by atoms with van der Waals surface area (Å²) >= 11 is 2.81. The van der Waals surface area contributed by atoms with Crippen LogP contribution < -0.4 is 15.4 Å². The molecule has 31 heavy (non-hydrogen) atoms. The van der Waals surface area contributed by atoms with E-state index in [1.165, 1.54) is 23.1 Å². The molecule has 1 heterocycles. The zero-order valence-corrected chi connectivity index (χ0v) is 19.1. The summed E-state index contributed by atoms with van der Waals surface area (Å²) in [6.45, 7) is 2.53. The number of nitrogens with zero attached hydrogens (tertiary/aromatic N) is 1. The molecule has 0 bridgehead atoms. The Labute approximate surface area is 190 Å². The number of nitrogens with one attached hydrogen (secondary N) is 2. The molecule has 0 aliphatic rings. The maximum absolute atomic E-state index is 12.2. The van der Waals surface area contributed by atoms with Crippen LogP contribution in [0.15, 0.2) is 58.3 Å². The summed E-state index contributed by atoms with van der Waals surface area (Å²) in [5, 5.41) is 7.65. The molecule has 0 aliphatic carbocycles. The van der Waals surface area contributed by atoms with E-state index < -0.39 is 0 Å². The van der Waals surface area contributed by atoms with E-state index in [0.717, 1.165) is 26.9 Å². The molecule has 3 rings (SSSR count). The van der Waals surface area contributed by atoms with Crippen LogP contribution in [0.4, 0.5) is 5.69 Å². The number of carbonyl (C=O) groups excluding carboxylic acids is 2. The van der Waals surface area contributed by atoms with Crippen molar-refractivity contribution in [2.45, 2.75) is 24.1 Å². The first-order valence-electron chi connectivity index (χ1n) is 9.86. The molecular weight excluding hydrogens is 430 g/mol. The van der Waals surface area contributed by atoms with E-state index in [1.54, 1.807) is 7.11 Å². The molecule has 3 aromatic rings. The minimum Gasteiger partial charge on any atom is -0.496 e. The fraction of sp³-hybridized carbons (Fsp3) is 0.261. The maximum Gasteiger partial charge on any atom is 0.234 e. The van der Waals surface area contributed by atoms with Gasteiger partial charge in [0.15, 0.2) is 4.34 Å². The number of hydrogen-bond donors (Lipinski definition) is 2. The fourth-order valence-corrected chi connectivity index (χ4v) is 4.51. The zero-order valence-electron chi connectivity index (χ0n) is 17.5. The lowest BCUT2D eigenvalue weighted by atomic mass is 10.1. The number of carbonyl (C=O) groups is 2.